The van der Waals surface area contributed by atoms with Crippen LogP contribution in [0.15, 0.2) is 97.1 Å². The van der Waals surface area contributed by atoms with Gasteiger partial charge in [-0.3, -0.25) is 0 Å². The average molecular weight is 611 g/mol. The minimum absolute atomic E-state index is 0.0529. The molecule has 2 aliphatic rings. The number of hydrogen-bond acceptors (Lipinski definition) is 7. The third kappa shape index (κ3) is 9.63. The molecule has 236 valence electrons. The molecule has 4 unspecified atom stereocenters. The number of epoxide rings is 2. The van der Waals surface area contributed by atoms with Gasteiger partial charge in [-0.2, -0.15) is 0 Å². The van der Waals surface area contributed by atoms with Crippen LogP contribution in [-0.2, 0) is 23.7 Å². The van der Waals surface area contributed by atoms with Gasteiger partial charge < -0.3 is 33.2 Å². The molecule has 0 spiro atoms. The molecule has 7 heteroatoms. The SMILES string of the molecule is CC(OCC1CO1)c1ccc(-c2ccc(OCCOCCOc3ccc(-c4ccc(C(C)OCC5CO5)cc4)cc3)cc2)cc1. The normalized spacial score (nSPS) is 18.3. The van der Waals surface area contributed by atoms with Gasteiger partial charge in [-0.15, -0.1) is 0 Å². The van der Waals surface area contributed by atoms with Crippen LogP contribution in [0.25, 0.3) is 22.3 Å². The van der Waals surface area contributed by atoms with Gasteiger partial charge in [0.1, 0.15) is 36.9 Å². The first-order valence-corrected chi connectivity index (χ1v) is 15.8. The first-order valence-electron chi connectivity index (χ1n) is 15.8. The number of benzene rings is 4. The number of hydrogen-bond donors (Lipinski definition) is 0. The molecular formula is C38H42O7. The Morgan fingerprint density at radius 1 is 0.511 bits per heavy atom. The van der Waals surface area contributed by atoms with E-state index >= 15 is 0 Å². The van der Waals surface area contributed by atoms with Crippen molar-refractivity contribution < 1.29 is 33.2 Å². The first-order chi connectivity index (χ1) is 22.1. The van der Waals surface area contributed by atoms with Crippen molar-refractivity contribution in [2.45, 2.75) is 38.3 Å². The molecule has 2 aliphatic heterocycles. The third-order valence-corrected chi connectivity index (χ3v) is 8.00. The lowest BCUT2D eigenvalue weighted by Crippen LogP contribution is -2.12. The third-order valence-electron chi connectivity index (χ3n) is 8.00. The Bertz CT molecular complexity index is 1330. The van der Waals surface area contributed by atoms with Crippen LogP contribution in [0.4, 0.5) is 0 Å². The fraction of sp³-hybridized carbons (Fsp3) is 0.368. The zero-order chi connectivity index (χ0) is 30.8. The second-order valence-corrected chi connectivity index (χ2v) is 11.5. The second-order valence-electron chi connectivity index (χ2n) is 11.5. The van der Waals surface area contributed by atoms with Crippen molar-refractivity contribution in [3.05, 3.63) is 108 Å². The van der Waals surface area contributed by atoms with Crippen LogP contribution in [0.2, 0.25) is 0 Å². The Labute approximate surface area is 265 Å². The van der Waals surface area contributed by atoms with E-state index in [-0.39, 0.29) is 24.4 Å². The summed E-state index contributed by atoms with van der Waals surface area (Å²) in [6.07, 6.45) is 0.664. The summed E-state index contributed by atoms with van der Waals surface area (Å²) in [7, 11) is 0. The van der Waals surface area contributed by atoms with Gasteiger partial charge in [0.05, 0.1) is 51.8 Å². The summed E-state index contributed by atoms with van der Waals surface area (Å²) in [4.78, 5) is 0. The van der Waals surface area contributed by atoms with Crippen molar-refractivity contribution in [2.24, 2.45) is 0 Å². The van der Waals surface area contributed by atoms with Gasteiger partial charge in [-0.25, -0.2) is 0 Å². The summed E-state index contributed by atoms with van der Waals surface area (Å²) < 4.78 is 39.6. The van der Waals surface area contributed by atoms with E-state index in [4.69, 9.17) is 33.2 Å². The average Bonchev–Trinajstić information content (AvgIpc) is 4.03. The van der Waals surface area contributed by atoms with Gasteiger partial charge in [0.15, 0.2) is 0 Å². The lowest BCUT2D eigenvalue weighted by molar-refractivity contribution is 0.0539. The molecule has 4 atom stereocenters. The van der Waals surface area contributed by atoms with Gasteiger partial charge in [-0.1, -0.05) is 72.8 Å². The minimum atomic E-state index is 0.0529. The monoisotopic (exact) mass is 610 g/mol. The molecule has 4 aromatic carbocycles. The quantitative estimate of drug-likeness (QED) is 0.0856. The first kappa shape index (κ1) is 31.3. The summed E-state index contributed by atoms with van der Waals surface area (Å²) in [6, 6.07) is 33.3. The van der Waals surface area contributed by atoms with Crippen molar-refractivity contribution >= 4 is 0 Å². The molecule has 0 bridgehead atoms. The maximum atomic E-state index is 5.87. The standard InChI is InChI=1S/C38H42O7/c1-27(42-23-37-25-44-37)29-3-7-31(8-4-29)33-11-15-35(16-12-33)40-21-19-39-20-22-41-36-17-13-34(14-18-36)32-9-5-30(6-10-32)28(2)43-24-38-26-45-38/h3-18,27-28,37-38H,19-26H2,1-2H3. The molecule has 0 N–H and O–H groups in total. The van der Waals surface area contributed by atoms with Crippen LogP contribution < -0.4 is 9.47 Å². The predicted octanol–water partition coefficient (Wildman–Crippen LogP) is 7.45. The minimum Gasteiger partial charge on any atom is -0.491 e. The lowest BCUT2D eigenvalue weighted by Gasteiger charge is -2.13. The smallest absolute Gasteiger partial charge is 0.119 e. The topological polar surface area (TPSA) is 71.2 Å². The zero-order valence-electron chi connectivity index (χ0n) is 26.1. The zero-order valence-corrected chi connectivity index (χ0v) is 26.1. The van der Waals surface area contributed by atoms with E-state index in [9.17, 15) is 0 Å². The van der Waals surface area contributed by atoms with Crippen molar-refractivity contribution in [1.82, 2.24) is 0 Å². The molecule has 45 heavy (non-hydrogen) atoms. The lowest BCUT2D eigenvalue weighted by atomic mass is 10.0. The maximum Gasteiger partial charge on any atom is 0.119 e. The highest BCUT2D eigenvalue weighted by Gasteiger charge is 2.24. The Morgan fingerprint density at radius 2 is 0.844 bits per heavy atom. The Balaban J connectivity index is 0.848. The molecule has 0 aromatic heterocycles. The van der Waals surface area contributed by atoms with Gasteiger partial charge in [0, 0.05) is 0 Å². The summed E-state index contributed by atoms with van der Waals surface area (Å²) >= 11 is 0. The second kappa shape index (κ2) is 15.5. The largest absolute Gasteiger partial charge is 0.491 e. The Kier molecular flexibility index (Phi) is 10.8. The van der Waals surface area contributed by atoms with Gasteiger partial charge in [0.2, 0.25) is 0 Å². The van der Waals surface area contributed by atoms with Crippen LogP contribution in [0.5, 0.6) is 11.5 Å². The number of ether oxygens (including phenoxy) is 7. The van der Waals surface area contributed by atoms with Crippen LogP contribution in [-0.4, -0.2) is 65.1 Å². The molecule has 2 heterocycles. The highest BCUT2D eigenvalue weighted by molar-refractivity contribution is 5.65. The van der Waals surface area contributed by atoms with E-state index in [1.165, 1.54) is 0 Å². The predicted molar refractivity (Wildman–Crippen MR) is 174 cm³/mol. The number of rotatable bonds is 18. The van der Waals surface area contributed by atoms with Gasteiger partial charge >= 0.3 is 0 Å². The van der Waals surface area contributed by atoms with Gasteiger partial charge in [0.25, 0.3) is 0 Å². The van der Waals surface area contributed by atoms with E-state index < -0.39 is 0 Å². The van der Waals surface area contributed by atoms with E-state index in [0.29, 0.717) is 39.6 Å². The van der Waals surface area contributed by atoms with Crippen molar-refractivity contribution in [3.8, 4) is 33.8 Å². The van der Waals surface area contributed by atoms with E-state index in [0.717, 1.165) is 58.1 Å². The van der Waals surface area contributed by atoms with E-state index in [2.05, 4.69) is 86.6 Å². The summed E-state index contributed by atoms with van der Waals surface area (Å²) in [6.45, 7) is 9.03. The van der Waals surface area contributed by atoms with Crippen molar-refractivity contribution in [3.63, 3.8) is 0 Å². The van der Waals surface area contributed by atoms with Crippen LogP contribution >= 0.6 is 0 Å². The highest BCUT2D eigenvalue weighted by atomic mass is 16.6. The molecule has 0 amide bonds. The molecule has 0 aliphatic carbocycles. The van der Waals surface area contributed by atoms with Crippen LogP contribution in [0.1, 0.15) is 37.2 Å². The van der Waals surface area contributed by atoms with Gasteiger partial charge in [-0.05, 0) is 71.5 Å². The fourth-order valence-corrected chi connectivity index (χ4v) is 4.94. The molecule has 0 radical (unpaired) electrons. The van der Waals surface area contributed by atoms with Crippen LogP contribution in [0, 0.1) is 0 Å². The molecular weight excluding hydrogens is 568 g/mol. The Morgan fingerprint density at radius 3 is 1.18 bits per heavy atom. The molecule has 6 rings (SSSR count). The molecule has 0 saturated carbocycles. The van der Waals surface area contributed by atoms with Crippen LogP contribution in [0.3, 0.4) is 0 Å². The van der Waals surface area contributed by atoms with Crippen molar-refractivity contribution in [2.75, 3.05) is 52.9 Å². The molecule has 7 nitrogen and oxygen atoms in total. The fourth-order valence-electron chi connectivity index (χ4n) is 4.94. The summed E-state index contributed by atoms with van der Waals surface area (Å²) in [5.41, 5.74) is 6.93. The summed E-state index contributed by atoms with van der Waals surface area (Å²) in [5.74, 6) is 1.64. The molecule has 4 aromatic rings. The van der Waals surface area contributed by atoms with E-state index in [1.807, 2.05) is 24.3 Å². The summed E-state index contributed by atoms with van der Waals surface area (Å²) in [5, 5.41) is 0. The maximum absolute atomic E-state index is 5.87. The van der Waals surface area contributed by atoms with E-state index in [1.54, 1.807) is 0 Å². The molecule has 2 fully saturated rings. The highest BCUT2D eigenvalue weighted by Crippen LogP contribution is 2.27. The van der Waals surface area contributed by atoms with Crippen molar-refractivity contribution in [1.29, 1.82) is 0 Å². The Hall–Kier alpha value is -3.72. The molecule has 2 saturated heterocycles.